The maximum absolute atomic E-state index is 5.42. The third-order valence-electron chi connectivity index (χ3n) is 2.38. The van der Waals surface area contributed by atoms with Crippen LogP contribution in [0, 0.1) is 0 Å². The molecule has 1 aromatic carbocycles. The van der Waals surface area contributed by atoms with E-state index in [4.69, 9.17) is 5.84 Å². The lowest BCUT2D eigenvalue weighted by molar-refractivity contribution is 0.819. The van der Waals surface area contributed by atoms with Crippen LogP contribution in [-0.2, 0) is 0 Å². The SMILES string of the molecule is CC(C)N=C(NN)Nc1cnc2ccccc2c1. The minimum absolute atomic E-state index is 0.164. The van der Waals surface area contributed by atoms with Crippen molar-refractivity contribution < 1.29 is 0 Å². The van der Waals surface area contributed by atoms with E-state index in [1.807, 2.05) is 44.2 Å². The number of hydrogen-bond acceptors (Lipinski definition) is 3. The minimum Gasteiger partial charge on any atom is -0.324 e. The monoisotopic (exact) mass is 243 g/mol. The highest BCUT2D eigenvalue weighted by Gasteiger charge is 2.01. The number of guanidine groups is 1. The van der Waals surface area contributed by atoms with E-state index in [0.29, 0.717) is 5.96 Å². The van der Waals surface area contributed by atoms with Crippen molar-refractivity contribution in [2.24, 2.45) is 10.8 Å². The van der Waals surface area contributed by atoms with E-state index in [-0.39, 0.29) is 6.04 Å². The maximum Gasteiger partial charge on any atom is 0.210 e. The topological polar surface area (TPSA) is 75.3 Å². The molecule has 1 aromatic heterocycles. The Morgan fingerprint density at radius 1 is 1.33 bits per heavy atom. The molecule has 0 aliphatic heterocycles. The standard InChI is InChI=1S/C13H17N5/c1-9(2)16-13(18-14)17-11-7-10-5-3-4-6-12(10)15-8-11/h3-9H,14H2,1-2H3,(H2,16,17,18). The number of aromatic nitrogens is 1. The summed E-state index contributed by atoms with van der Waals surface area (Å²) in [6.45, 7) is 3.97. The average Bonchev–Trinajstić information content (AvgIpc) is 2.37. The van der Waals surface area contributed by atoms with Crippen molar-refractivity contribution in [1.82, 2.24) is 10.4 Å². The first-order valence-corrected chi connectivity index (χ1v) is 5.85. The van der Waals surface area contributed by atoms with Gasteiger partial charge in [0.05, 0.1) is 17.4 Å². The number of pyridine rings is 1. The minimum atomic E-state index is 0.164. The van der Waals surface area contributed by atoms with Crippen LogP contribution in [0.15, 0.2) is 41.5 Å². The third kappa shape index (κ3) is 2.95. The van der Waals surface area contributed by atoms with Gasteiger partial charge in [-0.25, -0.2) is 10.8 Å². The van der Waals surface area contributed by atoms with Crippen LogP contribution in [0.2, 0.25) is 0 Å². The molecule has 0 atom stereocenters. The molecule has 0 unspecified atom stereocenters. The van der Waals surface area contributed by atoms with Crippen LogP contribution >= 0.6 is 0 Å². The summed E-state index contributed by atoms with van der Waals surface area (Å²) < 4.78 is 0. The second kappa shape index (κ2) is 5.46. The lowest BCUT2D eigenvalue weighted by Crippen LogP contribution is -2.37. The normalized spacial score (nSPS) is 11.9. The van der Waals surface area contributed by atoms with Crippen molar-refractivity contribution in [3.63, 3.8) is 0 Å². The van der Waals surface area contributed by atoms with Crippen molar-refractivity contribution in [3.05, 3.63) is 36.5 Å². The second-order valence-corrected chi connectivity index (χ2v) is 4.26. The molecule has 94 valence electrons. The number of para-hydroxylation sites is 1. The number of rotatable bonds is 2. The zero-order valence-electron chi connectivity index (χ0n) is 10.5. The van der Waals surface area contributed by atoms with E-state index in [9.17, 15) is 0 Å². The Bertz CT molecular complexity index is 562. The van der Waals surface area contributed by atoms with Crippen molar-refractivity contribution in [2.75, 3.05) is 5.32 Å². The molecule has 4 N–H and O–H groups in total. The van der Waals surface area contributed by atoms with E-state index in [2.05, 4.69) is 20.7 Å². The van der Waals surface area contributed by atoms with Crippen LogP contribution in [0.25, 0.3) is 10.9 Å². The fourth-order valence-corrected chi connectivity index (χ4v) is 1.64. The highest BCUT2D eigenvalue weighted by Crippen LogP contribution is 2.15. The van der Waals surface area contributed by atoms with E-state index in [0.717, 1.165) is 16.6 Å². The number of hydrogen-bond donors (Lipinski definition) is 3. The van der Waals surface area contributed by atoms with Gasteiger partial charge in [0, 0.05) is 11.4 Å². The van der Waals surface area contributed by atoms with Crippen molar-refractivity contribution in [3.8, 4) is 0 Å². The van der Waals surface area contributed by atoms with E-state index >= 15 is 0 Å². The predicted molar refractivity (Wildman–Crippen MR) is 75.3 cm³/mol. The van der Waals surface area contributed by atoms with Crippen molar-refractivity contribution >= 4 is 22.5 Å². The molecular weight excluding hydrogens is 226 g/mol. The first-order chi connectivity index (χ1) is 8.69. The third-order valence-corrected chi connectivity index (χ3v) is 2.38. The molecule has 0 spiro atoms. The lowest BCUT2D eigenvalue weighted by atomic mass is 10.2. The molecule has 0 saturated heterocycles. The van der Waals surface area contributed by atoms with Gasteiger partial charge >= 0.3 is 0 Å². The number of aliphatic imine (C=N–C) groups is 1. The highest BCUT2D eigenvalue weighted by atomic mass is 15.3. The van der Waals surface area contributed by atoms with Gasteiger partial charge in [-0.15, -0.1) is 0 Å². The Balaban J connectivity index is 2.26. The Kier molecular flexibility index (Phi) is 3.74. The molecular formula is C13H17N5. The van der Waals surface area contributed by atoms with Crippen LogP contribution in [0.3, 0.4) is 0 Å². The second-order valence-electron chi connectivity index (χ2n) is 4.26. The summed E-state index contributed by atoms with van der Waals surface area (Å²) >= 11 is 0. The van der Waals surface area contributed by atoms with Gasteiger partial charge in [-0.2, -0.15) is 0 Å². The number of nitrogens with zero attached hydrogens (tertiary/aromatic N) is 2. The number of hydrazine groups is 1. The van der Waals surface area contributed by atoms with E-state index in [1.165, 1.54) is 0 Å². The number of benzene rings is 1. The Labute approximate surface area is 106 Å². The maximum atomic E-state index is 5.42. The Morgan fingerprint density at radius 3 is 2.83 bits per heavy atom. The zero-order chi connectivity index (χ0) is 13.0. The van der Waals surface area contributed by atoms with Crippen LogP contribution in [-0.4, -0.2) is 17.0 Å². The molecule has 0 amide bonds. The summed E-state index contributed by atoms with van der Waals surface area (Å²) in [5.41, 5.74) is 4.36. The molecule has 0 saturated carbocycles. The van der Waals surface area contributed by atoms with Crippen LogP contribution < -0.4 is 16.6 Å². The number of nitrogens with two attached hydrogens (primary N) is 1. The summed E-state index contributed by atoms with van der Waals surface area (Å²) in [4.78, 5) is 8.67. The molecule has 1 heterocycles. The summed E-state index contributed by atoms with van der Waals surface area (Å²) in [5, 5.41) is 4.18. The summed E-state index contributed by atoms with van der Waals surface area (Å²) in [6, 6.07) is 10.1. The van der Waals surface area contributed by atoms with E-state index in [1.54, 1.807) is 6.20 Å². The Hall–Kier alpha value is -2.14. The molecule has 2 rings (SSSR count). The van der Waals surface area contributed by atoms with E-state index < -0.39 is 0 Å². The fourth-order valence-electron chi connectivity index (χ4n) is 1.64. The number of anilines is 1. The smallest absolute Gasteiger partial charge is 0.210 e. The molecule has 2 aromatic rings. The quantitative estimate of drug-likeness (QED) is 0.326. The average molecular weight is 243 g/mol. The summed E-state index contributed by atoms with van der Waals surface area (Å²) in [7, 11) is 0. The predicted octanol–water partition coefficient (Wildman–Crippen LogP) is 1.87. The van der Waals surface area contributed by atoms with Gasteiger partial charge in [0.1, 0.15) is 0 Å². The van der Waals surface area contributed by atoms with Crippen molar-refractivity contribution in [2.45, 2.75) is 19.9 Å². The Morgan fingerprint density at radius 2 is 2.11 bits per heavy atom. The molecule has 5 nitrogen and oxygen atoms in total. The highest BCUT2D eigenvalue weighted by molar-refractivity contribution is 5.95. The van der Waals surface area contributed by atoms with Gasteiger partial charge in [0.25, 0.3) is 0 Å². The first-order valence-electron chi connectivity index (χ1n) is 5.85. The van der Waals surface area contributed by atoms with Crippen molar-refractivity contribution in [1.29, 1.82) is 0 Å². The number of fused-ring (bicyclic) bond motifs is 1. The molecule has 5 heteroatoms. The molecule has 18 heavy (non-hydrogen) atoms. The molecule has 0 fully saturated rings. The van der Waals surface area contributed by atoms with Gasteiger partial charge in [-0.05, 0) is 26.0 Å². The van der Waals surface area contributed by atoms with Crippen LogP contribution in [0.1, 0.15) is 13.8 Å². The van der Waals surface area contributed by atoms with Gasteiger partial charge in [-0.3, -0.25) is 10.4 Å². The van der Waals surface area contributed by atoms with Gasteiger partial charge in [0.2, 0.25) is 5.96 Å². The van der Waals surface area contributed by atoms with Gasteiger partial charge < -0.3 is 5.32 Å². The van der Waals surface area contributed by atoms with Gasteiger partial charge in [-0.1, -0.05) is 18.2 Å². The summed E-state index contributed by atoms with van der Waals surface area (Å²) in [5.74, 6) is 5.95. The zero-order valence-corrected chi connectivity index (χ0v) is 10.5. The molecule has 0 aliphatic rings. The van der Waals surface area contributed by atoms with Gasteiger partial charge in [0.15, 0.2) is 0 Å². The largest absolute Gasteiger partial charge is 0.324 e. The van der Waals surface area contributed by atoms with Crippen LogP contribution in [0.5, 0.6) is 0 Å². The molecule has 0 aliphatic carbocycles. The molecule has 0 radical (unpaired) electrons. The summed E-state index contributed by atoms with van der Waals surface area (Å²) in [6.07, 6.45) is 1.76. The number of nitrogens with one attached hydrogen (secondary N) is 2. The van der Waals surface area contributed by atoms with Crippen LogP contribution in [0.4, 0.5) is 5.69 Å². The fraction of sp³-hybridized carbons (Fsp3) is 0.231. The first kappa shape index (κ1) is 12.3. The molecule has 0 bridgehead atoms. The lowest BCUT2D eigenvalue weighted by Gasteiger charge is -2.10.